The number of methoxy groups -OCH3 is 1. The molecule has 15 heavy (non-hydrogen) atoms. The molecule has 2 N–H and O–H groups in total. The van der Waals surface area contributed by atoms with Crippen LogP contribution < -0.4 is 10.5 Å². The van der Waals surface area contributed by atoms with Crippen molar-refractivity contribution in [2.45, 2.75) is 13.3 Å². The number of aryl methyl sites for hydroxylation is 1. The number of ketones is 1. The molecule has 1 aromatic rings. The number of carbonyl (C=O) groups is 1. The zero-order chi connectivity index (χ0) is 11.4. The number of Topliss-reactive ketones (excluding diaryl/α,β-unsaturated/α-hetero) is 1. The van der Waals surface area contributed by atoms with Gasteiger partial charge in [-0.1, -0.05) is 17.7 Å². The predicted octanol–water partition coefficient (Wildman–Crippen LogP) is 2.19. The minimum absolute atomic E-state index is 0.0330. The summed E-state index contributed by atoms with van der Waals surface area (Å²) in [5.41, 5.74) is 6.75. The van der Waals surface area contributed by atoms with E-state index >= 15 is 0 Å². The Morgan fingerprint density at radius 2 is 2.20 bits per heavy atom. The van der Waals surface area contributed by atoms with Crippen LogP contribution in [0.5, 0.6) is 5.75 Å². The lowest BCUT2D eigenvalue weighted by molar-refractivity contribution is 0.0982. The maximum atomic E-state index is 11.8. The van der Waals surface area contributed by atoms with Crippen molar-refractivity contribution in [3.8, 4) is 5.75 Å². The molecule has 0 saturated heterocycles. The molecule has 3 nitrogen and oxygen atoms in total. The van der Waals surface area contributed by atoms with Gasteiger partial charge in [-0.2, -0.15) is 0 Å². The van der Waals surface area contributed by atoms with E-state index in [2.05, 4.69) is 0 Å². The molecular formula is C11H14ClNO2. The summed E-state index contributed by atoms with van der Waals surface area (Å²) in [5, 5.41) is 0.448. The van der Waals surface area contributed by atoms with Gasteiger partial charge >= 0.3 is 0 Å². The number of ether oxygens (including phenoxy) is 1. The first-order valence-corrected chi connectivity index (χ1v) is 5.06. The Kier molecular flexibility index (Phi) is 4.12. The van der Waals surface area contributed by atoms with Crippen LogP contribution in [0.3, 0.4) is 0 Å². The maximum Gasteiger partial charge on any atom is 0.168 e. The SMILES string of the molecule is COc1c(Cl)ccc(C)c1C(=O)CCN. The zero-order valence-electron chi connectivity index (χ0n) is 8.84. The summed E-state index contributed by atoms with van der Waals surface area (Å²) in [4.78, 5) is 11.8. The van der Waals surface area contributed by atoms with Gasteiger partial charge in [0.05, 0.1) is 17.7 Å². The highest BCUT2D eigenvalue weighted by atomic mass is 35.5. The minimum atomic E-state index is -0.0330. The van der Waals surface area contributed by atoms with Crippen molar-refractivity contribution in [3.63, 3.8) is 0 Å². The van der Waals surface area contributed by atoms with Crippen molar-refractivity contribution < 1.29 is 9.53 Å². The fourth-order valence-electron chi connectivity index (χ4n) is 1.46. The maximum absolute atomic E-state index is 11.8. The summed E-state index contributed by atoms with van der Waals surface area (Å²) in [5.74, 6) is 0.407. The molecule has 0 aliphatic carbocycles. The molecule has 4 heteroatoms. The standard InChI is InChI=1S/C11H14ClNO2/c1-7-3-4-8(12)11(15-2)10(7)9(14)5-6-13/h3-4H,5-6,13H2,1-2H3. The minimum Gasteiger partial charge on any atom is -0.494 e. The second-order valence-electron chi connectivity index (χ2n) is 3.23. The first kappa shape index (κ1) is 12.0. The van der Waals surface area contributed by atoms with Gasteiger partial charge in [0.15, 0.2) is 5.78 Å². The number of nitrogens with two attached hydrogens (primary N) is 1. The van der Waals surface area contributed by atoms with Crippen LogP contribution >= 0.6 is 11.6 Å². The van der Waals surface area contributed by atoms with E-state index < -0.39 is 0 Å². The van der Waals surface area contributed by atoms with Crippen LogP contribution in [0.25, 0.3) is 0 Å². The number of hydrogen-bond acceptors (Lipinski definition) is 3. The zero-order valence-corrected chi connectivity index (χ0v) is 9.60. The summed E-state index contributed by atoms with van der Waals surface area (Å²) >= 11 is 5.94. The van der Waals surface area contributed by atoms with Gasteiger partial charge in [0.25, 0.3) is 0 Å². The fraction of sp³-hybridized carbons (Fsp3) is 0.364. The fourth-order valence-corrected chi connectivity index (χ4v) is 1.69. The van der Waals surface area contributed by atoms with E-state index in [9.17, 15) is 4.79 Å². The van der Waals surface area contributed by atoms with Crippen molar-refractivity contribution in [2.75, 3.05) is 13.7 Å². The Labute approximate surface area is 94.2 Å². The summed E-state index contributed by atoms with van der Waals surface area (Å²) in [6.45, 7) is 2.18. The highest BCUT2D eigenvalue weighted by Crippen LogP contribution is 2.31. The molecule has 0 radical (unpaired) electrons. The molecule has 0 bridgehead atoms. The Morgan fingerprint density at radius 3 is 2.73 bits per heavy atom. The van der Waals surface area contributed by atoms with E-state index in [1.54, 1.807) is 12.1 Å². The topological polar surface area (TPSA) is 52.3 Å². The molecule has 0 aliphatic rings. The van der Waals surface area contributed by atoms with Crippen LogP contribution in [0.2, 0.25) is 5.02 Å². The number of hydrogen-bond donors (Lipinski definition) is 1. The van der Waals surface area contributed by atoms with Crippen molar-refractivity contribution >= 4 is 17.4 Å². The predicted molar refractivity (Wildman–Crippen MR) is 60.7 cm³/mol. The van der Waals surface area contributed by atoms with Gasteiger partial charge in [-0.15, -0.1) is 0 Å². The molecule has 0 aliphatic heterocycles. The van der Waals surface area contributed by atoms with Gasteiger partial charge in [0, 0.05) is 6.42 Å². The Bertz CT molecular complexity index is 377. The van der Waals surface area contributed by atoms with Crippen LogP contribution in [-0.2, 0) is 0 Å². The lowest BCUT2D eigenvalue weighted by atomic mass is 10.0. The Hall–Kier alpha value is -1.06. The van der Waals surface area contributed by atoms with Gasteiger partial charge in [0.2, 0.25) is 0 Å². The summed E-state index contributed by atoms with van der Waals surface area (Å²) in [6, 6.07) is 3.52. The van der Waals surface area contributed by atoms with Crippen molar-refractivity contribution in [1.29, 1.82) is 0 Å². The van der Waals surface area contributed by atoms with Crippen molar-refractivity contribution in [2.24, 2.45) is 5.73 Å². The third-order valence-electron chi connectivity index (χ3n) is 2.17. The molecule has 0 heterocycles. The molecule has 0 aromatic heterocycles. The average molecular weight is 228 g/mol. The first-order chi connectivity index (χ1) is 7.11. The quantitative estimate of drug-likeness (QED) is 0.803. The molecule has 1 aromatic carbocycles. The average Bonchev–Trinajstić information content (AvgIpc) is 2.21. The third kappa shape index (κ3) is 2.49. The van der Waals surface area contributed by atoms with Crippen LogP contribution in [0, 0.1) is 6.92 Å². The van der Waals surface area contributed by atoms with Crippen LogP contribution in [0.4, 0.5) is 0 Å². The molecule has 1 rings (SSSR count). The second kappa shape index (κ2) is 5.14. The van der Waals surface area contributed by atoms with E-state index in [0.29, 0.717) is 29.3 Å². The van der Waals surface area contributed by atoms with Gasteiger partial charge in [-0.3, -0.25) is 4.79 Å². The molecule has 0 atom stereocenters. The van der Waals surface area contributed by atoms with Gasteiger partial charge < -0.3 is 10.5 Å². The van der Waals surface area contributed by atoms with Crippen LogP contribution in [0.1, 0.15) is 22.3 Å². The molecule has 0 fully saturated rings. The number of carbonyl (C=O) groups excluding carboxylic acids is 1. The molecular weight excluding hydrogens is 214 g/mol. The Morgan fingerprint density at radius 1 is 1.53 bits per heavy atom. The highest BCUT2D eigenvalue weighted by Gasteiger charge is 2.16. The molecule has 0 saturated carbocycles. The Balaban J connectivity index is 3.24. The van der Waals surface area contributed by atoms with Crippen molar-refractivity contribution in [3.05, 3.63) is 28.3 Å². The lowest BCUT2D eigenvalue weighted by Crippen LogP contribution is -2.11. The highest BCUT2D eigenvalue weighted by molar-refractivity contribution is 6.32. The number of rotatable bonds is 4. The van der Waals surface area contributed by atoms with Gasteiger partial charge in [-0.05, 0) is 25.1 Å². The molecule has 0 spiro atoms. The van der Waals surface area contributed by atoms with Crippen LogP contribution in [-0.4, -0.2) is 19.4 Å². The number of benzene rings is 1. The van der Waals surface area contributed by atoms with Gasteiger partial charge in [-0.25, -0.2) is 0 Å². The molecule has 0 unspecified atom stereocenters. The van der Waals surface area contributed by atoms with E-state index in [-0.39, 0.29) is 5.78 Å². The third-order valence-corrected chi connectivity index (χ3v) is 2.47. The van der Waals surface area contributed by atoms with Crippen LogP contribution in [0.15, 0.2) is 12.1 Å². The normalized spacial score (nSPS) is 10.1. The molecule has 82 valence electrons. The van der Waals surface area contributed by atoms with E-state index in [1.807, 2.05) is 6.92 Å². The van der Waals surface area contributed by atoms with Gasteiger partial charge in [0.1, 0.15) is 5.75 Å². The smallest absolute Gasteiger partial charge is 0.168 e. The largest absolute Gasteiger partial charge is 0.494 e. The molecule has 0 amide bonds. The van der Waals surface area contributed by atoms with E-state index in [0.717, 1.165) is 5.56 Å². The first-order valence-electron chi connectivity index (χ1n) is 4.68. The summed E-state index contributed by atoms with van der Waals surface area (Å²) in [6.07, 6.45) is 0.303. The number of halogens is 1. The summed E-state index contributed by atoms with van der Waals surface area (Å²) in [7, 11) is 1.50. The summed E-state index contributed by atoms with van der Waals surface area (Å²) < 4.78 is 5.13. The van der Waals surface area contributed by atoms with E-state index in [4.69, 9.17) is 22.1 Å². The lowest BCUT2D eigenvalue weighted by Gasteiger charge is -2.11. The second-order valence-corrected chi connectivity index (χ2v) is 3.64. The van der Waals surface area contributed by atoms with E-state index in [1.165, 1.54) is 7.11 Å². The monoisotopic (exact) mass is 227 g/mol. The van der Waals surface area contributed by atoms with Crippen molar-refractivity contribution in [1.82, 2.24) is 0 Å².